The molecule has 0 atom stereocenters. The first-order valence-electron chi connectivity index (χ1n) is 8.45. The van der Waals surface area contributed by atoms with Gasteiger partial charge in [0.15, 0.2) is 0 Å². The summed E-state index contributed by atoms with van der Waals surface area (Å²) in [7, 11) is 0. The highest BCUT2D eigenvalue weighted by molar-refractivity contribution is 5.94. The van der Waals surface area contributed by atoms with E-state index in [1.165, 1.54) is 0 Å². The van der Waals surface area contributed by atoms with Gasteiger partial charge in [-0.25, -0.2) is 10.1 Å². The topological polar surface area (TPSA) is 77.1 Å². The summed E-state index contributed by atoms with van der Waals surface area (Å²) >= 11 is 0. The van der Waals surface area contributed by atoms with Crippen molar-refractivity contribution < 1.29 is 4.79 Å². The maximum Gasteiger partial charge on any atom is 0.271 e. The van der Waals surface area contributed by atoms with E-state index in [1.807, 2.05) is 30.7 Å². The van der Waals surface area contributed by atoms with Crippen molar-refractivity contribution in [1.82, 2.24) is 24.8 Å². The molecule has 1 N–H and O–H groups in total. The molecule has 26 heavy (non-hydrogen) atoms. The van der Waals surface area contributed by atoms with Crippen LogP contribution in [0.5, 0.6) is 0 Å². The molecule has 0 radical (unpaired) electrons. The molecule has 0 saturated carbocycles. The number of rotatable bonds is 5. The number of nitrogens with one attached hydrogen (secondary N) is 1. The zero-order valence-electron chi connectivity index (χ0n) is 15.3. The molecule has 0 unspecified atom stereocenters. The van der Waals surface area contributed by atoms with E-state index in [9.17, 15) is 4.79 Å². The zero-order valence-corrected chi connectivity index (χ0v) is 15.3. The molecular formula is C19H22N6O. The van der Waals surface area contributed by atoms with E-state index in [2.05, 4.69) is 39.0 Å². The van der Waals surface area contributed by atoms with Gasteiger partial charge in [-0.3, -0.25) is 9.78 Å². The Balaban J connectivity index is 1.82. The van der Waals surface area contributed by atoms with Crippen molar-refractivity contribution >= 4 is 12.1 Å². The predicted octanol–water partition coefficient (Wildman–Crippen LogP) is 3.03. The summed E-state index contributed by atoms with van der Waals surface area (Å²) < 4.78 is 4.12. The number of pyridine rings is 1. The minimum absolute atomic E-state index is 0.262. The number of carbonyl (C=O) groups is 1. The molecule has 1 amide bonds. The molecule has 3 aromatic rings. The summed E-state index contributed by atoms with van der Waals surface area (Å²) in [5, 5.41) is 8.49. The number of hydrogen-bond acceptors (Lipinski definition) is 4. The first-order valence-corrected chi connectivity index (χ1v) is 8.45. The standard InChI is InChI=1S/C19H22N6O/c1-13(2)25-18(7-10-22-25)24-14(3)11-17(15(24)4)12-21-23-19(26)16-5-8-20-9-6-16/h5-13H,1-4H3,(H,23,26)/b21-12-. The lowest BCUT2D eigenvalue weighted by Gasteiger charge is -2.14. The van der Waals surface area contributed by atoms with E-state index in [4.69, 9.17) is 0 Å². The molecule has 0 saturated heterocycles. The number of aromatic nitrogens is 4. The minimum Gasteiger partial charge on any atom is -0.303 e. The minimum atomic E-state index is -0.268. The van der Waals surface area contributed by atoms with Crippen LogP contribution in [0.25, 0.3) is 5.82 Å². The first-order chi connectivity index (χ1) is 12.5. The van der Waals surface area contributed by atoms with Crippen LogP contribution in [0.1, 0.15) is 47.2 Å². The number of nitrogens with zero attached hydrogens (tertiary/aromatic N) is 5. The average molecular weight is 350 g/mol. The van der Waals surface area contributed by atoms with E-state index in [-0.39, 0.29) is 11.9 Å². The summed E-state index contributed by atoms with van der Waals surface area (Å²) in [6.07, 6.45) is 6.61. The fraction of sp³-hybridized carbons (Fsp3) is 0.263. The van der Waals surface area contributed by atoms with Crippen molar-refractivity contribution in [3.05, 3.63) is 65.4 Å². The summed E-state index contributed by atoms with van der Waals surface area (Å²) in [5.41, 5.74) is 6.11. The highest BCUT2D eigenvalue weighted by atomic mass is 16.2. The summed E-state index contributed by atoms with van der Waals surface area (Å²) in [6.45, 7) is 8.26. The van der Waals surface area contributed by atoms with Crippen LogP contribution in [0.15, 0.2) is 48.0 Å². The van der Waals surface area contributed by atoms with E-state index in [0.29, 0.717) is 5.56 Å². The van der Waals surface area contributed by atoms with Crippen LogP contribution in [0.3, 0.4) is 0 Å². The largest absolute Gasteiger partial charge is 0.303 e. The lowest BCUT2D eigenvalue weighted by atomic mass is 10.2. The van der Waals surface area contributed by atoms with Gasteiger partial charge in [0.25, 0.3) is 5.91 Å². The molecule has 0 aliphatic carbocycles. The van der Waals surface area contributed by atoms with Crippen molar-refractivity contribution in [1.29, 1.82) is 0 Å². The Morgan fingerprint density at radius 3 is 2.62 bits per heavy atom. The molecule has 3 aromatic heterocycles. The van der Waals surface area contributed by atoms with Crippen molar-refractivity contribution in [2.75, 3.05) is 0 Å². The van der Waals surface area contributed by atoms with Crippen LogP contribution in [0.2, 0.25) is 0 Å². The number of hydrazone groups is 1. The van der Waals surface area contributed by atoms with Gasteiger partial charge in [-0.2, -0.15) is 10.2 Å². The van der Waals surface area contributed by atoms with Crippen molar-refractivity contribution in [2.45, 2.75) is 33.7 Å². The van der Waals surface area contributed by atoms with Gasteiger partial charge in [-0.1, -0.05) is 0 Å². The number of carbonyl (C=O) groups excluding carboxylic acids is 1. The Morgan fingerprint density at radius 1 is 1.19 bits per heavy atom. The van der Waals surface area contributed by atoms with Gasteiger partial charge in [0.2, 0.25) is 0 Å². The van der Waals surface area contributed by atoms with Crippen LogP contribution in [-0.2, 0) is 0 Å². The molecular weight excluding hydrogens is 328 g/mol. The second-order valence-electron chi connectivity index (χ2n) is 6.32. The van der Waals surface area contributed by atoms with Crippen LogP contribution >= 0.6 is 0 Å². The third-order valence-electron chi connectivity index (χ3n) is 4.15. The summed E-state index contributed by atoms with van der Waals surface area (Å²) in [5.74, 6) is 0.741. The number of hydrogen-bond donors (Lipinski definition) is 1. The van der Waals surface area contributed by atoms with Crippen LogP contribution in [0, 0.1) is 13.8 Å². The summed E-state index contributed by atoms with van der Waals surface area (Å²) in [6, 6.07) is 7.58. The SMILES string of the molecule is Cc1cc(/C=N\NC(=O)c2ccncc2)c(C)n1-c1ccnn1C(C)C. The van der Waals surface area contributed by atoms with Crippen molar-refractivity contribution in [3.63, 3.8) is 0 Å². The molecule has 0 aromatic carbocycles. The van der Waals surface area contributed by atoms with Gasteiger partial charge in [-0.15, -0.1) is 0 Å². The highest BCUT2D eigenvalue weighted by Crippen LogP contribution is 2.21. The third kappa shape index (κ3) is 3.42. The van der Waals surface area contributed by atoms with Gasteiger partial charge in [0.05, 0.1) is 12.4 Å². The Labute approximate surface area is 152 Å². The monoisotopic (exact) mass is 350 g/mol. The fourth-order valence-corrected chi connectivity index (χ4v) is 2.88. The van der Waals surface area contributed by atoms with E-state index >= 15 is 0 Å². The van der Waals surface area contributed by atoms with Crippen molar-refractivity contribution in [3.8, 4) is 5.82 Å². The van der Waals surface area contributed by atoms with Gasteiger partial charge in [-0.05, 0) is 45.9 Å². The van der Waals surface area contributed by atoms with Gasteiger partial charge in [0, 0.05) is 47.0 Å². The van der Waals surface area contributed by atoms with Gasteiger partial charge >= 0.3 is 0 Å². The highest BCUT2D eigenvalue weighted by Gasteiger charge is 2.14. The second kappa shape index (κ2) is 7.35. The Hall–Kier alpha value is -3.22. The molecule has 134 valence electrons. The summed E-state index contributed by atoms with van der Waals surface area (Å²) in [4.78, 5) is 15.9. The molecule has 0 aliphatic rings. The van der Waals surface area contributed by atoms with Crippen molar-refractivity contribution in [2.24, 2.45) is 5.10 Å². The molecule has 0 aliphatic heterocycles. The number of amides is 1. The second-order valence-corrected chi connectivity index (χ2v) is 6.32. The maximum atomic E-state index is 12.0. The van der Waals surface area contributed by atoms with Gasteiger partial charge in [0.1, 0.15) is 5.82 Å². The maximum absolute atomic E-state index is 12.0. The lowest BCUT2D eigenvalue weighted by Crippen LogP contribution is -2.17. The van der Waals surface area contributed by atoms with Crippen LogP contribution in [-0.4, -0.2) is 31.5 Å². The van der Waals surface area contributed by atoms with E-state index in [0.717, 1.165) is 22.8 Å². The average Bonchev–Trinajstić information content (AvgIpc) is 3.20. The quantitative estimate of drug-likeness (QED) is 0.567. The van der Waals surface area contributed by atoms with E-state index < -0.39 is 0 Å². The third-order valence-corrected chi connectivity index (χ3v) is 4.15. The molecule has 7 nitrogen and oxygen atoms in total. The molecule has 0 spiro atoms. The first kappa shape index (κ1) is 17.6. The molecule has 7 heteroatoms. The lowest BCUT2D eigenvalue weighted by molar-refractivity contribution is 0.0955. The molecule has 3 rings (SSSR count). The normalized spacial score (nSPS) is 11.4. The Bertz CT molecular complexity index is 936. The fourth-order valence-electron chi connectivity index (χ4n) is 2.88. The van der Waals surface area contributed by atoms with Crippen LogP contribution < -0.4 is 5.43 Å². The Morgan fingerprint density at radius 2 is 1.92 bits per heavy atom. The smallest absolute Gasteiger partial charge is 0.271 e. The molecule has 0 bridgehead atoms. The zero-order chi connectivity index (χ0) is 18.7. The molecule has 0 fully saturated rings. The predicted molar refractivity (Wildman–Crippen MR) is 101 cm³/mol. The van der Waals surface area contributed by atoms with Gasteiger partial charge < -0.3 is 4.57 Å². The molecule has 3 heterocycles. The number of aryl methyl sites for hydroxylation is 1. The van der Waals surface area contributed by atoms with Crippen LogP contribution in [0.4, 0.5) is 0 Å². The van der Waals surface area contributed by atoms with E-state index in [1.54, 1.807) is 36.9 Å². The Kier molecular flexibility index (Phi) is 4.97.